The summed E-state index contributed by atoms with van der Waals surface area (Å²) in [6.45, 7) is 2.67. The van der Waals surface area contributed by atoms with Crippen LogP contribution in [0.2, 0.25) is 0 Å². The van der Waals surface area contributed by atoms with Crippen molar-refractivity contribution >= 4 is 17.2 Å². The molecule has 2 aromatic rings. The van der Waals surface area contributed by atoms with Crippen LogP contribution in [0.3, 0.4) is 0 Å². The fourth-order valence-corrected chi connectivity index (χ4v) is 4.65. The van der Waals surface area contributed by atoms with Crippen LogP contribution in [0.15, 0.2) is 36.7 Å². The smallest absolute Gasteiger partial charge is 0.263 e. The second-order valence-electron chi connectivity index (χ2n) is 6.42. The molecular weight excluding hydrogens is 306 g/mol. The summed E-state index contributed by atoms with van der Waals surface area (Å²) in [7, 11) is 0. The predicted molar refractivity (Wildman–Crippen MR) is 91.3 cm³/mol. The number of nitrogens with zero attached hydrogens (tertiary/aromatic N) is 2. The summed E-state index contributed by atoms with van der Waals surface area (Å²) in [5, 5.41) is 3.99. The maximum atomic E-state index is 12.5. The summed E-state index contributed by atoms with van der Waals surface area (Å²) >= 11 is 1.45. The average molecular weight is 325 g/mol. The van der Waals surface area contributed by atoms with Crippen LogP contribution in [0, 0.1) is 24.7 Å². The monoisotopic (exact) mass is 325 g/mol. The van der Waals surface area contributed by atoms with Gasteiger partial charge in [0.2, 0.25) is 0 Å². The number of fused-ring (bicyclic) bond motifs is 2. The van der Waals surface area contributed by atoms with Gasteiger partial charge in [0.1, 0.15) is 9.88 Å². The third kappa shape index (κ3) is 2.81. The second-order valence-corrected chi connectivity index (χ2v) is 7.42. The van der Waals surface area contributed by atoms with Gasteiger partial charge < -0.3 is 5.32 Å². The van der Waals surface area contributed by atoms with Crippen molar-refractivity contribution in [2.75, 3.05) is 6.54 Å². The van der Waals surface area contributed by atoms with Gasteiger partial charge in [-0.25, -0.2) is 4.98 Å². The molecule has 23 heavy (non-hydrogen) atoms. The van der Waals surface area contributed by atoms with E-state index < -0.39 is 0 Å². The highest BCUT2D eigenvalue weighted by Gasteiger charge is 2.35. The first-order chi connectivity index (χ1) is 11.2. The van der Waals surface area contributed by atoms with E-state index >= 15 is 0 Å². The molecule has 5 heteroatoms. The first-order valence-electron chi connectivity index (χ1n) is 8.05. The largest absolute Gasteiger partial charge is 0.351 e. The molecule has 4 rings (SSSR count). The molecule has 1 fully saturated rings. The Hall–Kier alpha value is -2.01. The lowest BCUT2D eigenvalue weighted by Crippen LogP contribution is -2.30. The van der Waals surface area contributed by atoms with E-state index in [1.165, 1.54) is 24.2 Å². The highest BCUT2D eigenvalue weighted by molar-refractivity contribution is 7.17. The summed E-state index contributed by atoms with van der Waals surface area (Å²) in [6.07, 6.45) is 10.6. The van der Waals surface area contributed by atoms with Crippen LogP contribution < -0.4 is 5.32 Å². The van der Waals surface area contributed by atoms with Crippen molar-refractivity contribution in [1.29, 1.82) is 0 Å². The van der Waals surface area contributed by atoms with E-state index in [0.29, 0.717) is 11.8 Å². The molecule has 0 unspecified atom stereocenters. The number of carbonyl (C=O) groups is 1. The molecule has 2 bridgehead atoms. The minimum absolute atomic E-state index is 0.00654. The van der Waals surface area contributed by atoms with E-state index in [1.807, 2.05) is 19.1 Å². The Labute approximate surface area is 139 Å². The third-order valence-corrected chi connectivity index (χ3v) is 6.08. The molecular formula is C18H19N3OS. The number of pyridine rings is 1. The molecule has 0 saturated heterocycles. The van der Waals surface area contributed by atoms with Crippen LogP contribution in [0.1, 0.15) is 28.2 Å². The molecule has 0 aliphatic heterocycles. The lowest BCUT2D eigenvalue weighted by molar-refractivity contribution is 0.0948. The predicted octanol–water partition coefficient (Wildman–Crippen LogP) is 3.46. The maximum Gasteiger partial charge on any atom is 0.263 e. The van der Waals surface area contributed by atoms with E-state index in [0.717, 1.165) is 33.6 Å². The molecule has 0 spiro atoms. The summed E-state index contributed by atoms with van der Waals surface area (Å²) in [4.78, 5) is 21.8. The standard InChI is InChI=1S/C18H19N3OS/c1-11-16(23-18(21-11)13-4-6-19-7-5-13)17(22)20-10-15-9-12-2-3-14(15)8-12/h2-7,12,14-15H,8-10H2,1H3,(H,20,22)/t12-,14-,15-/m0/s1. The number of nitrogens with one attached hydrogen (secondary N) is 1. The zero-order valence-electron chi connectivity index (χ0n) is 13.0. The van der Waals surface area contributed by atoms with Gasteiger partial charge in [-0.05, 0) is 49.7 Å². The van der Waals surface area contributed by atoms with Crippen molar-refractivity contribution in [2.24, 2.45) is 17.8 Å². The van der Waals surface area contributed by atoms with Gasteiger partial charge in [0.05, 0.1) is 5.69 Å². The number of carbonyl (C=O) groups excluding carboxylic acids is 1. The minimum Gasteiger partial charge on any atom is -0.351 e. The molecule has 1 saturated carbocycles. The molecule has 4 nitrogen and oxygen atoms in total. The van der Waals surface area contributed by atoms with Gasteiger partial charge >= 0.3 is 0 Å². The number of thiazole rings is 1. The number of allylic oxidation sites excluding steroid dienone is 2. The Balaban J connectivity index is 1.44. The van der Waals surface area contributed by atoms with Crippen molar-refractivity contribution in [3.05, 3.63) is 47.2 Å². The Morgan fingerprint density at radius 3 is 2.83 bits per heavy atom. The van der Waals surface area contributed by atoms with Gasteiger partial charge in [-0.1, -0.05) is 12.2 Å². The maximum absolute atomic E-state index is 12.5. The summed E-state index contributed by atoms with van der Waals surface area (Å²) in [5.41, 5.74) is 1.80. The Kier molecular flexibility index (Phi) is 3.73. The Bertz CT molecular complexity index is 753. The van der Waals surface area contributed by atoms with Crippen LogP contribution in [0.4, 0.5) is 0 Å². The molecule has 0 radical (unpaired) electrons. The highest BCUT2D eigenvalue weighted by Crippen LogP contribution is 2.43. The van der Waals surface area contributed by atoms with E-state index in [9.17, 15) is 4.79 Å². The number of amides is 1. The fraction of sp³-hybridized carbons (Fsp3) is 0.389. The van der Waals surface area contributed by atoms with Crippen LogP contribution >= 0.6 is 11.3 Å². The molecule has 1 amide bonds. The van der Waals surface area contributed by atoms with E-state index in [2.05, 4.69) is 27.4 Å². The number of aromatic nitrogens is 2. The molecule has 2 heterocycles. The quantitative estimate of drug-likeness (QED) is 0.876. The lowest BCUT2D eigenvalue weighted by atomic mass is 9.93. The topological polar surface area (TPSA) is 54.9 Å². The van der Waals surface area contributed by atoms with Crippen LogP contribution in [0.25, 0.3) is 10.6 Å². The van der Waals surface area contributed by atoms with Gasteiger partial charge in [-0.2, -0.15) is 0 Å². The van der Waals surface area contributed by atoms with E-state index in [1.54, 1.807) is 12.4 Å². The van der Waals surface area contributed by atoms with E-state index in [4.69, 9.17) is 0 Å². The molecule has 2 aromatic heterocycles. The van der Waals surface area contributed by atoms with Gasteiger partial charge in [0.15, 0.2) is 0 Å². The van der Waals surface area contributed by atoms with Crippen LogP contribution in [0.5, 0.6) is 0 Å². The zero-order valence-corrected chi connectivity index (χ0v) is 13.8. The number of hydrogen-bond donors (Lipinski definition) is 1. The minimum atomic E-state index is 0.00654. The molecule has 3 atom stereocenters. The van der Waals surface area contributed by atoms with Gasteiger partial charge in [-0.15, -0.1) is 11.3 Å². The Morgan fingerprint density at radius 1 is 1.30 bits per heavy atom. The van der Waals surface area contributed by atoms with Crippen LogP contribution in [-0.2, 0) is 0 Å². The van der Waals surface area contributed by atoms with Crippen molar-refractivity contribution < 1.29 is 4.79 Å². The van der Waals surface area contributed by atoms with Crippen LogP contribution in [-0.4, -0.2) is 22.4 Å². The molecule has 118 valence electrons. The number of rotatable bonds is 4. The van der Waals surface area contributed by atoms with Crippen molar-refractivity contribution in [2.45, 2.75) is 19.8 Å². The summed E-state index contributed by atoms with van der Waals surface area (Å²) < 4.78 is 0. The van der Waals surface area contributed by atoms with Gasteiger partial charge in [0, 0.05) is 24.5 Å². The average Bonchev–Trinajstić information content (AvgIpc) is 3.28. The SMILES string of the molecule is Cc1nc(-c2ccncc2)sc1C(=O)NC[C@@H]1C[C@H]2C=C[C@H]1C2. The van der Waals surface area contributed by atoms with Gasteiger partial charge in [-0.3, -0.25) is 9.78 Å². The van der Waals surface area contributed by atoms with Crippen molar-refractivity contribution in [3.63, 3.8) is 0 Å². The summed E-state index contributed by atoms with van der Waals surface area (Å²) in [6, 6.07) is 3.84. The van der Waals surface area contributed by atoms with Crippen molar-refractivity contribution in [1.82, 2.24) is 15.3 Å². The number of hydrogen-bond acceptors (Lipinski definition) is 4. The lowest BCUT2D eigenvalue weighted by Gasteiger charge is -2.18. The first kappa shape index (κ1) is 14.6. The molecule has 1 N–H and O–H groups in total. The fourth-order valence-electron chi connectivity index (χ4n) is 3.66. The van der Waals surface area contributed by atoms with Crippen molar-refractivity contribution in [3.8, 4) is 10.6 Å². The molecule has 0 aromatic carbocycles. The Morgan fingerprint density at radius 2 is 2.13 bits per heavy atom. The van der Waals surface area contributed by atoms with Gasteiger partial charge in [0.25, 0.3) is 5.91 Å². The zero-order chi connectivity index (χ0) is 15.8. The number of aryl methyl sites for hydroxylation is 1. The summed E-state index contributed by atoms with van der Waals surface area (Å²) in [5.74, 6) is 2.01. The highest BCUT2D eigenvalue weighted by atomic mass is 32.1. The molecule has 2 aliphatic carbocycles. The molecule has 2 aliphatic rings. The van der Waals surface area contributed by atoms with E-state index in [-0.39, 0.29) is 5.91 Å². The second kappa shape index (κ2) is 5.89. The first-order valence-corrected chi connectivity index (χ1v) is 8.86. The normalized spacial score (nSPS) is 25.0. The third-order valence-electron chi connectivity index (χ3n) is 4.87.